The molecule has 4 unspecified atom stereocenters. The molecule has 0 aromatic carbocycles. The van der Waals surface area contributed by atoms with Crippen LogP contribution in [0, 0.1) is 11.8 Å². The van der Waals surface area contributed by atoms with Crippen LogP contribution in [0.25, 0.3) is 0 Å². The first-order chi connectivity index (χ1) is 18.1. The number of aliphatic hydroxyl groups is 6. The van der Waals surface area contributed by atoms with Crippen LogP contribution in [0.1, 0.15) is 117 Å². The summed E-state index contributed by atoms with van der Waals surface area (Å²) in [5.41, 5.74) is -4.04. The van der Waals surface area contributed by atoms with E-state index in [0.29, 0.717) is 12.8 Å². The maximum atomic E-state index is 13.8. The zero-order valence-electron chi connectivity index (χ0n) is 23.4. The first-order valence-corrected chi connectivity index (χ1v) is 14.7. The molecular formula is C31H50O7. The van der Waals surface area contributed by atoms with Gasteiger partial charge in [-0.05, 0) is 25.0 Å². The third-order valence-corrected chi connectivity index (χ3v) is 8.16. The summed E-state index contributed by atoms with van der Waals surface area (Å²) in [6, 6.07) is 0. The Kier molecular flexibility index (Phi) is 12.9. The zero-order valence-corrected chi connectivity index (χ0v) is 23.4. The molecule has 4 atom stereocenters. The highest BCUT2D eigenvalue weighted by Gasteiger charge is 2.53. The third kappa shape index (κ3) is 7.89. The summed E-state index contributed by atoms with van der Waals surface area (Å²) in [6.45, 7) is 4.30. The predicted molar refractivity (Wildman–Crippen MR) is 150 cm³/mol. The molecule has 2 aliphatic rings. The maximum absolute atomic E-state index is 13.8. The highest BCUT2D eigenvalue weighted by molar-refractivity contribution is 5.90. The Morgan fingerprint density at radius 3 is 1.26 bits per heavy atom. The van der Waals surface area contributed by atoms with E-state index in [-0.39, 0.29) is 12.8 Å². The summed E-state index contributed by atoms with van der Waals surface area (Å²) in [5, 5.41) is 64.7. The lowest BCUT2D eigenvalue weighted by molar-refractivity contribution is -0.141. The van der Waals surface area contributed by atoms with Gasteiger partial charge in [-0.2, -0.15) is 0 Å². The van der Waals surface area contributed by atoms with Crippen LogP contribution in [0.15, 0.2) is 47.3 Å². The zero-order chi connectivity index (χ0) is 28.2. The van der Waals surface area contributed by atoms with E-state index in [9.17, 15) is 35.4 Å². The number of Topliss-reactive ketones (excluding diaryl/α,β-unsaturated/α-hetero) is 1. The van der Waals surface area contributed by atoms with Crippen molar-refractivity contribution in [1.29, 1.82) is 0 Å². The van der Waals surface area contributed by atoms with Gasteiger partial charge in [0.25, 0.3) is 0 Å². The van der Waals surface area contributed by atoms with Gasteiger partial charge >= 0.3 is 0 Å². The average Bonchev–Trinajstić information content (AvgIpc) is 2.89. The SMILES string of the molecule is CCCCCCCCCC1(O)C(O)=C(O)C=CC1C(=O)C1C=CC(O)=C(O)C1(O)CCCCCCCCC. The van der Waals surface area contributed by atoms with Crippen molar-refractivity contribution in [3.63, 3.8) is 0 Å². The lowest BCUT2D eigenvalue weighted by atomic mass is 9.67. The summed E-state index contributed by atoms with van der Waals surface area (Å²) in [7, 11) is 0. The Morgan fingerprint density at radius 1 is 0.605 bits per heavy atom. The van der Waals surface area contributed by atoms with Crippen LogP contribution in [0.2, 0.25) is 0 Å². The summed E-state index contributed by atoms with van der Waals surface area (Å²) in [6.07, 6.45) is 19.0. The molecule has 6 N–H and O–H groups in total. The van der Waals surface area contributed by atoms with Crippen molar-refractivity contribution in [2.24, 2.45) is 11.8 Å². The monoisotopic (exact) mass is 534 g/mol. The van der Waals surface area contributed by atoms with Crippen molar-refractivity contribution in [2.75, 3.05) is 0 Å². The van der Waals surface area contributed by atoms with E-state index in [1.807, 2.05) is 0 Å². The highest BCUT2D eigenvalue weighted by Crippen LogP contribution is 2.43. The van der Waals surface area contributed by atoms with Gasteiger partial charge in [0.2, 0.25) is 0 Å². The molecule has 7 nitrogen and oxygen atoms in total. The minimum atomic E-state index is -2.02. The highest BCUT2D eigenvalue weighted by atomic mass is 16.4. The van der Waals surface area contributed by atoms with E-state index in [1.165, 1.54) is 37.1 Å². The fourth-order valence-electron chi connectivity index (χ4n) is 5.69. The van der Waals surface area contributed by atoms with Crippen LogP contribution < -0.4 is 0 Å². The van der Waals surface area contributed by atoms with Crippen LogP contribution >= 0.6 is 0 Å². The number of unbranched alkanes of at least 4 members (excludes halogenated alkanes) is 12. The normalized spacial score (nSPS) is 27.4. The summed E-state index contributed by atoms with van der Waals surface area (Å²) >= 11 is 0. The molecule has 0 aromatic heterocycles. The van der Waals surface area contributed by atoms with Crippen LogP contribution in [-0.4, -0.2) is 47.6 Å². The lowest BCUT2D eigenvalue weighted by Crippen LogP contribution is -2.53. The van der Waals surface area contributed by atoms with Crippen molar-refractivity contribution in [3.8, 4) is 0 Å². The van der Waals surface area contributed by atoms with Gasteiger partial charge in [-0.25, -0.2) is 0 Å². The minimum absolute atomic E-state index is 0.0666. The van der Waals surface area contributed by atoms with Crippen LogP contribution in [0.4, 0.5) is 0 Å². The molecule has 2 rings (SSSR count). The van der Waals surface area contributed by atoms with E-state index >= 15 is 0 Å². The average molecular weight is 535 g/mol. The summed E-state index contributed by atoms with van der Waals surface area (Å²) in [5.74, 6) is -5.34. The third-order valence-electron chi connectivity index (χ3n) is 8.16. The molecule has 0 saturated heterocycles. The molecule has 0 fully saturated rings. The first kappa shape index (κ1) is 32.0. The van der Waals surface area contributed by atoms with E-state index in [2.05, 4.69) is 13.8 Å². The molecule has 0 aromatic rings. The molecule has 2 aliphatic carbocycles. The van der Waals surface area contributed by atoms with Crippen molar-refractivity contribution in [1.82, 2.24) is 0 Å². The van der Waals surface area contributed by atoms with Crippen LogP contribution in [-0.2, 0) is 4.79 Å². The molecule has 7 heteroatoms. The van der Waals surface area contributed by atoms with E-state index in [4.69, 9.17) is 0 Å². The Bertz CT molecular complexity index is 817. The number of allylic oxidation sites excluding steroid dienone is 2. The smallest absolute Gasteiger partial charge is 0.167 e. The number of ketones is 1. The lowest BCUT2D eigenvalue weighted by Gasteiger charge is -2.41. The van der Waals surface area contributed by atoms with Gasteiger partial charge in [-0.1, -0.05) is 116 Å². The second kappa shape index (κ2) is 15.4. The van der Waals surface area contributed by atoms with Crippen molar-refractivity contribution >= 4 is 5.78 Å². The second-order valence-corrected chi connectivity index (χ2v) is 11.1. The number of hydrogen-bond acceptors (Lipinski definition) is 7. The quantitative estimate of drug-likeness (QED) is 0.101. The Hall–Kier alpha value is -2.25. The van der Waals surface area contributed by atoms with Crippen LogP contribution in [0.5, 0.6) is 0 Å². The number of aliphatic hydroxyl groups excluding tert-OH is 4. The van der Waals surface area contributed by atoms with Gasteiger partial charge in [0.05, 0.1) is 11.8 Å². The standard InChI is InChI=1S/C31H50O7/c1-3-5-7-9-11-13-15-21-30(37)23(17-19-25(32)28(30)35)27(34)24-18-20-26(33)29(36)31(24,38)22-16-14-12-10-8-6-4-2/h17-20,23-24,32-33,35-38H,3-16,21-22H2,1-2H3. The Labute approximate surface area is 228 Å². The van der Waals surface area contributed by atoms with E-state index < -0.39 is 51.9 Å². The molecule has 0 saturated carbocycles. The molecule has 0 bridgehead atoms. The van der Waals surface area contributed by atoms with Crippen LogP contribution in [0.3, 0.4) is 0 Å². The fourth-order valence-corrected chi connectivity index (χ4v) is 5.69. The van der Waals surface area contributed by atoms with Gasteiger partial charge < -0.3 is 30.6 Å². The van der Waals surface area contributed by atoms with Gasteiger partial charge in [0.1, 0.15) is 11.2 Å². The minimum Gasteiger partial charge on any atom is -0.506 e. The molecule has 38 heavy (non-hydrogen) atoms. The first-order valence-electron chi connectivity index (χ1n) is 14.7. The Balaban J connectivity index is 2.15. The molecule has 216 valence electrons. The van der Waals surface area contributed by atoms with E-state index in [1.54, 1.807) is 0 Å². The van der Waals surface area contributed by atoms with Crippen molar-refractivity contribution in [2.45, 2.75) is 128 Å². The number of hydrogen-bond donors (Lipinski definition) is 6. The molecule has 0 radical (unpaired) electrons. The van der Waals surface area contributed by atoms with Gasteiger partial charge in [-0.3, -0.25) is 4.79 Å². The molecule has 0 spiro atoms. The second-order valence-electron chi connectivity index (χ2n) is 11.1. The molecule has 0 amide bonds. The maximum Gasteiger partial charge on any atom is 0.167 e. The van der Waals surface area contributed by atoms with E-state index in [0.717, 1.165) is 64.2 Å². The number of carbonyl (C=O) groups is 1. The molecule has 0 aliphatic heterocycles. The fraction of sp³-hybridized carbons (Fsp3) is 0.710. The summed E-state index contributed by atoms with van der Waals surface area (Å²) in [4.78, 5) is 13.8. The molecule has 0 heterocycles. The van der Waals surface area contributed by atoms with Crippen molar-refractivity contribution in [3.05, 3.63) is 47.3 Å². The largest absolute Gasteiger partial charge is 0.506 e. The van der Waals surface area contributed by atoms with Crippen molar-refractivity contribution < 1.29 is 35.4 Å². The number of rotatable bonds is 18. The number of carbonyl (C=O) groups excluding carboxylic acids is 1. The Morgan fingerprint density at radius 2 is 0.921 bits per heavy atom. The predicted octanol–water partition coefficient (Wildman–Crippen LogP) is 7.33. The van der Waals surface area contributed by atoms with Gasteiger partial charge in [0.15, 0.2) is 28.8 Å². The molecular weight excluding hydrogens is 484 g/mol. The van der Waals surface area contributed by atoms with Gasteiger partial charge in [-0.15, -0.1) is 0 Å². The van der Waals surface area contributed by atoms with Gasteiger partial charge in [0, 0.05) is 0 Å². The summed E-state index contributed by atoms with van der Waals surface area (Å²) < 4.78 is 0. The topological polar surface area (TPSA) is 138 Å².